The molecule has 1 heterocycles. The third-order valence-electron chi connectivity index (χ3n) is 7.13. The monoisotopic (exact) mass is 579 g/mol. The second kappa shape index (κ2) is 14.5. The predicted octanol–water partition coefficient (Wildman–Crippen LogP) is 6.74. The van der Waals surface area contributed by atoms with Gasteiger partial charge in [0, 0.05) is 6.54 Å². The van der Waals surface area contributed by atoms with Crippen LogP contribution < -0.4 is 24.3 Å². The Hall–Kier alpha value is -4.59. The van der Waals surface area contributed by atoms with Gasteiger partial charge in [-0.25, -0.2) is 4.79 Å². The minimum absolute atomic E-state index is 0.208. The normalized spacial score (nSPS) is 13.3. The van der Waals surface area contributed by atoms with Crippen molar-refractivity contribution in [3.8, 4) is 23.0 Å². The molecule has 0 aromatic heterocycles. The van der Waals surface area contributed by atoms with Crippen molar-refractivity contribution in [1.29, 1.82) is 0 Å². The first kappa shape index (κ1) is 29.9. The fraction of sp³-hybridized carbons (Fsp3) is 0.250. The minimum atomic E-state index is -0.589. The Morgan fingerprint density at radius 3 is 2.14 bits per heavy atom. The van der Waals surface area contributed by atoms with E-state index in [2.05, 4.69) is 19.2 Å². The minimum Gasteiger partial charge on any atom is -0.491 e. The molecule has 4 aromatic rings. The van der Waals surface area contributed by atoms with Crippen molar-refractivity contribution in [3.05, 3.63) is 119 Å². The second-order valence-electron chi connectivity index (χ2n) is 10.2. The largest absolute Gasteiger partial charge is 0.491 e. The Kier molecular flexibility index (Phi) is 10.1. The van der Waals surface area contributed by atoms with Crippen molar-refractivity contribution in [1.82, 2.24) is 5.32 Å². The van der Waals surface area contributed by atoms with Crippen LogP contribution in [0.2, 0.25) is 0 Å². The molecule has 0 aliphatic carbocycles. The molecule has 4 aromatic carbocycles. The van der Waals surface area contributed by atoms with Gasteiger partial charge in [-0.3, -0.25) is 0 Å². The van der Waals surface area contributed by atoms with Crippen LogP contribution in [-0.2, 0) is 0 Å². The Morgan fingerprint density at radius 1 is 0.814 bits per heavy atom. The number of allylic oxidation sites excluding steroid dienone is 1. The summed E-state index contributed by atoms with van der Waals surface area (Å²) in [7, 11) is 0. The van der Waals surface area contributed by atoms with E-state index in [-0.39, 0.29) is 13.4 Å². The molecule has 1 aliphatic heterocycles. The summed E-state index contributed by atoms with van der Waals surface area (Å²) in [5.41, 5.74) is 5.66. The molecule has 2 N–H and O–H groups in total. The molecule has 0 bridgehead atoms. The summed E-state index contributed by atoms with van der Waals surface area (Å²) in [5.74, 6) is 2.21. The van der Waals surface area contributed by atoms with Crippen LogP contribution in [0.15, 0.2) is 97.1 Å². The first-order valence-corrected chi connectivity index (χ1v) is 14.7. The molecule has 1 atom stereocenters. The van der Waals surface area contributed by atoms with Gasteiger partial charge in [-0.2, -0.15) is 0 Å². The van der Waals surface area contributed by atoms with Crippen LogP contribution in [0.25, 0.3) is 11.1 Å². The third kappa shape index (κ3) is 7.63. The lowest BCUT2D eigenvalue weighted by atomic mass is 9.88. The molecule has 0 saturated heterocycles. The highest BCUT2D eigenvalue weighted by molar-refractivity contribution is 5.99. The summed E-state index contributed by atoms with van der Waals surface area (Å²) in [5, 5.41) is 13.4. The van der Waals surface area contributed by atoms with Crippen LogP contribution in [0.4, 0.5) is 0 Å². The number of benzene rings is 4. The van der Waals surface area contributed by atoms with Gasteiger partial charge in [0.25, 0.3) is 0 Å². The van der Waals surface area contributed by atoms with Crippen molar-refractivity contribution in [3.63, 3.8) is 0 Å². The summed E-state index contributed by atoms with van der Waals surface area (Å²) in [6.07, 6.45) is 1.18. The number of hydrogen-bond acceptors (Lipinski definition) is 7. The first-order valence-electron chi connectivity index (χ1n) is 14.7. The fourth-order valence-electron chi connectivity index (χ4n) is 4.97. The van der Waals surface area contributed by atoms with Crippen LogP contribution in [-0.4, -0.2) is 43.7 Å². The molecule has 5 rings (SSSR count). The number of aliphatic hydroxyl groups is 1. The van der Waals surface area contributed by atoms with E-state index in [1.807, 2.05) is 84.9 Å². The van der Waals surface area contributed by atoms with Crippen molar-refractivity contribution >= 4 is 17.1 Å². The van der Waals surface area contributed by atoms with E-state index in [9.17, 15) is 9.90 Å². The van der Waals surface area contributed by atoms with Crippen molar-refractivity contribution in [2.45, 2.75) is 32.8 Å². The van der Waals surface area contributed by atoms with Gasteiger partial charge in [-0.1, -0.05) is 62.4 Å². The molecule has 222 valence electrons. The van der Waals surface area contributed by atoms with E-state index >= 15 is 0 Å². The summed E-state index contributed by atoms with van der Waals surface area (Å²) < 4.78 is 22.7. The maximum atomic E-state index is 12.6. The van der Waals surface area contributed by atoms with Crippen LogP contribution in [0.1, 0.15) is 53.7 Å². The first-order chi connectivity index (χ1) is 21.1. The van der Waals surface area contributed by atoms with E-state index in [1.165, 1.54) is 0 Å². The zero-order valence-corrected chi connectivity index (χ0v) is 24.5. The summed E-state index contributed by atoms with van der Waals surface area (Å²) in [6.45, 7) is 5.99. The molecule has 0 spiro atoms. The van der Waals surface area contributed by atoms with Gasteiger partial charge < -0.3 is 29.4 Å². The van der Waals surface area contributed by atoms with Gasteiger partial charge in [0.05, 0.1) is 5.56 Å². The quantitative estimate of drug-likeness (QED) is 0.0785. The topological polar surface area (TPSA) is 86.2 Å². The molecule has 0 fully saturated rings. The van der Waals surface area contributed by atoms with E-state index in [0.29, 0.717) is 23.6 Å². The average molecular weight is 580 g/mol. The van der Waals surface area contributed by atoms with E-state index in [4.69, 9.17) is 18.9 Å². The molecule has 0 radical (unpaired) electrons. The smallest absolute Gasteiger partial charge is 0.343 e. The van der Waals surface area contributed by atoms with Crippen LogP contribution in [0, 0.1) is 0 Å². The highest BCUT2D eigenvalue weighted by Crippen LogP contribution is 2.40. The maximum Gasteiger partial charge on any atom is 0.343 e. The van der Waals surface area contributed by atoms with E-state index < -0.39 is 12.1 Å². The number of aliphatic hydroxyl groups excluding tert-OH is 1. The van der Waals surface area contributed by atoms with Gasteiger partial charge in [-0.05, 0) is 95.8 Å². The summed E-state index contributed by atoms with van der Waals surface area (Å²) in [6, 6.07) is 30.4. The van der Waals surface area contributed by atoms with E-state index in [1.54, 1.807) is 12.1 Å². The fourth-order valence-corrected chi connectivity index (χ4v) is 4.97. The zero-order valence-electron chi connectivity index (χ0n) is 24.5. The predicted molar refractivity (Wildman–Crippen MR) is 168 cm³/mol. The molecule has 43 heavy (non-hydrogen) atoms. The molecule has 0 saturated carbocycles. The van der Waals surface area contributed by atoms with Gasteiger partial charge >= 0.3 is 5.97 Å². The molecular weight excluding hydrogens is 542 g/mol. The number of esters is 1. The molecule has 0 amide bonds. The molecule has 1 unspecified atom stereocenters. The lowest BCUT2D eigenvalue weighted by molar-refractivity contribution is 0.0734. The zero-order chi connectivity index (χ0) is 30.0. The van der Waals surface area contributed by atoms with Crippen LogP contribution in [0.5, 0.6) is 23.0 Å². The number of carbonyl (C=O) groups is 1. The van der Waals surface area contributed by atoms with Gasteiger partial charge in [0.15, 0.2) is 11.5 Å². The molecular formula is C36H37NO6. The summed E-state index contributed by atoms with van der Waals surface area (Å²) in [4.78, 5) is 12.6. The summed E-state index contributed by atoms with van der Waals surface area (Å²) >= 11 is 0. The maximum absolute atomic E-state index is 12.6. The lowest BCUT2D eigenvalue weighted by Gasteiger charge is -2.18. The number of rotatable bonds is 13. The Morgan fingerprint density at radius 2 is 1.47 bits per heavy atom. The average Bonchev–Trinajstić information content (AvgIpc) is 3.52. The third-order valence-corrected chi connectivity index (χ3v) is 7.13. The van der Waals surface area contributed by atoms with E-state index in [0.717, 1.165) is 58.7 Å². The SMILES string of the molecule is CCCNCC(O)COc1ccc(/C(=C(/CC)c2ccc3c(c2)OCO3)c2ccc(OC(=O)c3ccccc3)cc2)cc1. The molecule has 7 heteroatoms. The van der Waals surface area contributed by atoms with Crippen LogP contribution >= 0.6 is 0 Å². The molecule has 7 nitrogen and oxygen atoms in total. The van der Waals surface area contributed by atoms with Crippen molar-refractivity contribution in [2.24, 2.45) is 0 Å². The number of carbonyl (C=O) groups excluding carboxylic acids is 1. The molecule has 1 aliphatic rings. The second-order valence-corrected chi connectivity index (χ2v) is 10.2. The Labute approximate surface area is 252 Å². The lowest BCUT2D eigenvalue weighted by Crippen LogP contribution is -2.31. The standard InChI is InChI=1S/C36H37NO6/c1-3-20-37-22-29(38)23-40-30-15-10-25(11-16-30)35(32(4-2)28-14-19-33-34(21-28)42-24-41-33)26-12-17-31(18-13-26)43-36(39)27-8-6-5-7-9-27/h5-19,21,29,37-38H,3-4,20,22-24H2,1-2H3/b35-32+. The Bertz CT molecular complexity index is 1530. The number of nitrogens with one attached hydrogen (secondary N) is 1. The van der Waals surface area contributed by atoms with Crippen LogP contribution in [0.3, 0.4) is 0 Å². The highest BCUT2D eigenvalue weighted by atomic mass is 16.7. The van der Waals surface area contributed by atoms with Gasteiger partial charge in [0.1, 0.15) is 24.2 Å². The van der Waals surface area contributed by atoms with Crippen molar-refractivity contribution in [2.75, 3.05) is 26.5 Å². The van der Waals surface area contributed by atoms with Gasteiger partial charge in [-0.15, -0.1) is 0 Å². The number of ether oxygens (including phenoxy) is 4. The highest BCUT2D eigenvalue weighted by Gasteiger charge is 2.19. The number of fused-ring (bicyclic) bond motifs is 1. The number of hydrogen-bond donors (Lipinski definition) is 2. The van der Waals surface area contributed by atoms with Crippen molar-refractivity contribution < 1.29 is 28.8 Å². The Balaban J connectivity index is 1.43. The van der Waals surface area contributed by atoms with Gasteiger partial charge in [0.2, 0.25) is 6.79 Å².